The van der Waals surface area contributed by atoms with Gasteiger partial charge in [-0.05, 0) is 40.6 Å². The van der Waals surface area contributed by atoms with Crippen molar-refractivity contribution in [2.24, 2.45) is 11.8 Å². The maximum Gasteiger partial charge on any atom is 0.131 e. The Morgan fingerprint density at radius 3 is 2.72 bits per heavy atom. The molecule has 4 heteroatoms. The summed E-state index contributed by atoms with van der Waals surface area (Å²) in [5.41, 5.74) is 0. The molecule has 0 amide bonds. The van der Waals surface area contributed by atoms with Gasteiger partial charge in [0.05, 0.1) is 0 Å². The Balaban J connectivity index is 2.08. The van der Waals surface area contributed by atoms with Gasteiger partial charge in [-0.25, -0.2) is 9.97 Å². The summed E-state index contributed by atoms with van der Waals surface area (Å²) in [7, 11) is 0. The Kier molecular flexibility index (Phi) is 4.60. The topological polar surface area (TPSA) is 37.8 Å². The van der Waals surface area contributed by atoms with E-state index in [1.54, 1.807) is 0 Å². The summed E-state index contributed by atoms with van der Waals surface area (Å²) < 4.78 is 0.870. The highest BCUT2D eigenvalue weighted by atomic mass is 79.9. The Morgan fingerprint density at radius 1 is 1.33 bits per heavy atom. The zero-order valence-corrected chi connectivity index (χ0v) is 13.0. The van der Waals surface area contributed by atoms with Crippen LogP contribution in [0.5, 0.6) is 0 Å². The SMILES string of the molecule is CCc1nc(Br)cc(NC2CCC(CC)C2C)n1. The Bertz CT molecular complexity index is 408. The van der Waals surface area contributed by atoms with Crippen molar-refractivity contribution in [1.82, 2.24) is 9.97 Å². The predicted molar refractivity (Wildman–Crippen MR) is 78.7 cm³/mol. The molecule has 3 nitrogen and oxygen atoms in total. The Morgan fingerprint density at radius 2 is 2.11 bits per heavy atom. The van der Waals surface area contributed by atoms with Crippen LogP contribution in [0.15, 0.2) is 10.7 Å². The third kappa shape index (κ3) is 3.02. The third-order valence-corrected chi connectivity index (χ3v) is 4.55. The van der Waals surface area contributed by atoms with Crippen molar-refractivity contribution in [2.45, 2.75) is 52.5 Å². The van der Waals surface area contributed by atoms with Gasteiger partial charge in [-0.1, -0.05) is 27.2 Å². The first kappa shape index (κ1) is 13.8. The van der Waals surface area contributed by atoms with Gasteiger partial charge in [0, 0.05) is 18.5 Å². The third-order valence-electron chi connectivity index (χ3n) is 4.14. The van der Waals surface area contributed by atoms with Gasteiger partial charge in [0.15, 0.2) is 0 Å². The minimum absolute atomic E-state index is 0.557. The number of anilines is 1. The number of halogens is 1. The van der Waals surface area contributed by atoms with Crippen LogP contribution in [0.25, 0.3) is 0 Å². The second-order valence-corrected chi connectivity index (χ2v) is 6.01. The largest absolute Gasteiger partial charge is 0.367 e. The molecule has 0 spiro atoms. The number of hydrogen-bond acceptors (Lipinski definition) is 3. The van der Waals surface area contributed by atoms with Crippen LogP contribution < -0.4 is 5.32 Å². The van der Waals surface area contributed by atoms with Crippen LogP contribution in [-0.4, -0.2) is 16.0 Å². The maximum absolute atomic E-state index is 4.55. The molecule has 18 heavy (non-hydrogen) atoms. The zero-order valence-electron chi connectivity index (χ0n) is 11.4. The smallest absolute Gasteiger partial charge is 0.131 e. The Hall–Kier alpha value is -0.640. The average molecular weight is 312 g/mol. The molecule has 100 valence electrons. The number of nitrogens with zero attached hydrogens (tertiary/aromatic N) is 2. The first-order chi connectivity index (χ1) is 8.63. The lowest BCUT2D eigenvalue weighted by Gasteiger charge is -2.21. The van der Waals surface area contributed by atoms with Gasteiger partial charge in [0.25, 0.3) is 0 Å². The quantitative estimate of drug-likeness (QED) is 0.853. The molecule has 1 aliphatic rings. The number of aromatic nitrogens is 2. The lowest BCUT2D eigenvalue weighted by atomic mass is 9.93. The van der Waals surface area contributed by atoms with Gasteiger partial charge in [0.1, 0.15) is 16.2 Å². The maximum atomic E-state index is 4.55. The molecule has 1 aromatic rings. The monoisotopic (exact) mass is 311 g/mol. The van der Waals surface area contributed by atoms with Gasteiger partial charge < -0.3 is 5.32 Å². The van der Waals surface area contributed by atoms with Crippen molar-refractivity contribution >= 4 is 21.7 Å². The first-order valence-corrected chi connectivity index (χ1v) is 7.73. The van der Waals surface area contributed by atoms with E-state index in [2.05, 4.69) is 52.0 Å². The number of rotatable bonds is 4. The molecule has 1 saturated carbocycles. The lowest BCUT2D eigenvalue weighted by Crippen LogP contribution is -2.25. The van der Waals surface area contributed by atoms with Crippen molar-refractivity contribution in [2.75, 3.05) is 5.32 Å². The fourth-order valence-corrected chi connectivity index (χ4v) is 3.34. The van der Waals surface area contributed by atoms with Crippen LogP contribution in [0.1, 0.15) is 45.9 Å². The molecule has 1 heterocycles. The molecule has 3 unspecified atom stereocenters. The highest BCUT2D eigenvalue weighted by Crippen LogP contribution is 2.35. The summed E-state index contributed by atoms with van der Waals surface area (Å²) in [5.74, 6) is 3.44. The van der Waals surface area contributed by atoms with E-state index in [1.165, 1.54) is 19.3 Å². The van der Waals surface area contributed by atoms with Crippen LogP contribution in [0.3, 0.4) is 0 Å². The van der Waals surface area contributed by atoms with E-state index in [0.717, 1.165) is 34.5 Å². The van der Waals surface area contributed by atoms with E-state index in [0.29, 0.717) is 6.04 Å². The highest BCUT2D eigenvalue weighted by Gasteiger charge is 2.31. The number of aryl methyl sites for hydroxylation is 1. The van der Waals surface area contributed by atoms with E-state index in [4.69, 9.17) is 0 Å². The Labute approximate surface area is 118 Å². The van der Waals surface area contributed by atoms with Crippen molar-refractivity contribution in [3.05, 3.63) is 16.5 Å². The lowest BCUT2D eigenvalue weighted by molar-refractivity contribution is 0.391. The molecule has 1 aliphatic carbocycles. The zero-order chi connectivity index (χ0) is 13.1. The molecule has 0 bridgehead atoms. The van der Waals surface area contributed by atoms with Gasteiger partial charge in [0.2, 0.25) is 0 Å². The molecular weight excluding hydrogens is 290 g/mol. The van der Waals surface area contributed by atoms with Gasteiger partial charge in [-0.3, -0.25) is 0 Å². The molecular formula is C14H22BrN3. The normalized spacial score (nSPS) is 27.4. The van der Waals surface area contributed by atoms with Crippen molar-refractivity contribution in [3.63, 3.8) is 0 Å². The molecule has 1 fully saturated rings. The molecule has 0 aliphatic heterocycles. The second kappa shape index (κ2) is 6.00. The molecule has 0 saturated heterocycles. The summed E-state index contributed by atoms with van der Waals surface area (Å²) in [4.78, 5) is 8.89. The molecule has 0 aromatic carbocycles. The van der Waals surface area contributed by atoms with Gasteiger partial charge in [-0.15, -0.1) is 0 Å². The summed E-state index contributed by atoms with van der Waals surface area (Å²) in [6, 6.07) is 2.53. The predicted octanol–water partition coefficient (Wildman–Crippen LogP) is 4.04. The van der Waals surface area contributed by atoms with Crippen LogP contribution in [0, 0.1) is 11.8 Å². The van der Waals surface area contributed by atoms with Gasteiger partial charge in [-0.2, -0.15) is 0 Å². The minimum atomic E-state index is 0.557. The molecule has 2 rings (SSSR count). The molecule has 1 N–H and O–H groups in total. The van der Waals surface area contributed by atoms with Gasteiger partial charge >= 0.3 is 0 Å². The van der Waals surface area contributed by atoms with Crippen molar-refractivity contribution in [3.8, 4) is 0 Å². The van der Waals surface area contributed by atoms with Crippen LogP contribution in [0.2, 0.25) is 0 Å². The standard InChI is InChI=1S/C14H22BrN3/c1-4-10-6-7-11(9(10)3)16-14-8-12(15)17-13(5-2)18-14/h8-11H,4-7H2,1-3H3,(H,16,17,18). The average Bonchev–Trinajstić information content (AvgIpc) is 2.70. The van der Waals surface area contributed by atoms with Crippen molar-refractivity contribution in [1.29, 1.82) is 0 Å². The summed E-state index contributed by atoms with van der Waals surface area (Å²) in [6.07, 6.45) is 4.74. The minimum Gasteiger partial charge on any atom is -0.367 e. The van der Waals surface area contributed by atoms with Crippen molar-refractivity contribution < 1.29 is 0 Å². The fourth-order valence-electron chi connectivity index (χ4n) is 2.91. The summed E-state index contributed by atoms with van der Waals surface area (Å²) >= 11 is 3.45. The van der Waals surface area contributed by atoms with Crippen LogP contribution in [-0.2, 0) is 6.42 Å². The number of nitrogens with one attached hydrogen (secondary N) is 1. The first-order valence-electron chi connectivity index (χ1n) is 6.94. The van der Waals surface area contributed by atoms with Crippen LogP contribution >= 0.6 is 15.9 Å². The summed E-state index contributed by atoms with van der Waals surface area (Å²) in [6.45, 7) is 6.73. The van der Waals surface area contributed by atoms with E-state index >= 15 is 0 Å². The summed E-state index contributed by atoms with van der Waals surface area (Å²) in [5, 5.41) is 3.59. The van der Waals surface area contributed by atoms with E-state index in [9.17, 15) is 0 Å². The van der Waals surface area contributed by atoms with Crippen LogP contribution in [0.4, 0.5) is 5.82 Å². The molecule has 3 atom stereocenters. The van der Waals surface area contributed by atoms with E-state index < -0.39 is 0 Å². The van der Waals surface area contributed by atoms with E-state index in [-0.39, 0.29) is 0 Å². The molecule has 0 radical (unpaired) electrons. The number of hydrogen-bond donors (Lipinski definition) is 1. The molecule has 1 aromatic heterocycles. The fraction of sp³-hybridized carbons (Fsp3) is 0.714. The second-order valence-electron chi connectivity index (χ2n) is 5.20. The van der Waals surface area contributed by atoms with E-state index in [1.807, 2.05) is 6.07 Å². The highest BCUT2D eigenvalue weighted by molar-refractivity contribution is 9.10.